The highest BCUT2D eigenvalue weighted by molar-refractivity contribution is 7.89. The summed E-state index contributed by atoms with van der Waals surface area (Å²) < 4.78 is 26.6. The molecule has 1 heterocycles. The molecule has 1 aromatic carbocycles. The molecule has 8 heteroatoms. The number of hydrogen-bond acceptors (Lipinski definition) is 5. The van der Waals surface area contributed by atoms with Crippen molar-refractivity contribution < 1.29 is 8.42 Å². The molecule has 2 aromatic rings. The Hall–Kier alpha value is -1.35. The van der Waals surface area contributed by atoms with Crippen molar-refractivity contribution in [2.75, 3.05) is 0 Å². The van der Waals surface area contributed by atoms with Gasteiger partial charge in [0.2, 0.25) is 10.0 Å². The molecule has 0 aliphatic heterocycles. The van der Waals surface area contributed by atoms with Crippen molar-refractivity contribution in [1.82, 2.24) is 9.71 Å². The Morgan fingerprint density at radius 2 is 2.26 bits per heavy atom. The van der Waals surface area contributed by atoms with Gasteiger partial charge in [-0.3, -0.25) is 0 Å². The third-order valence-electron chi connectivity index (χ3n) is 2.33. The fraction of sp³-hybridized carbons (Fsp3) is 0.0909. The average molecular weight is 313 g/mol. The highest BCUT2D eigenvalue weighted by Gasteiger charge is 2.15. The van der Waals surface area contributed by atoms with Crippen LogP contribution in [0.4, 0.5) is 0 Å². The number of nitrogens with one attached hydrogen (secondary N) is 1. The molecule has 2 rings (SSSR count). The standard InChI is InChI=1S/C11H11N3O2S3/c12-11(17)8-2-1-3-9(6-8)19(15,16)14-7-10-13-4-5-18-10/h1-6,14H,7H2,(H2,12,17). The number of sulfonamides is 1. The molecule has 0 bridgehead atoms. The minimum absolute atomic E-state index is 0.134. The summed E-state index contributed by atoms with van der Waals surface area (Å²) >= 11 is 6.22. The molecule has 0 fully saturated rings. The van der Waals surface area contributed by atoms with E-state index in [1.165, 1.54) is 23.5 Å². The highest BCUT2D eigenvalue weighted by atomic mass is 32.2. The first-order valence-electron chi connectivity index (χ1n) is 5.27. The summed E-state index contributed by atoms with van der Waals surface area (Å²) in [5.74, 6) is 0. The summed E-state index contributed by atoms with van der Waals surface area (Å²) in [5.41, 5.74) is 6.01. The second kappa shape index (κ2) is 5.74. The van der Waals surface area contributed by atoms with E-state index in [0.29, 0.717) is 10.6 Å². The van der Waals surface area contributed by atoms with Crippen LogP contribution in [0.1, 0.15) is 10.6 Å². The fourth-order valence-corrected chi connectivity index (χ4v) is 3.20. The molecule has 0 aliphatic rings. The molecule has 0 aliphatic carbocycles. The predicted molar refractivity (Wildman–Crippen MR) is 78.5 cm³/mol. The molecule has 0 saturated carbocycles. The zero-order valence-corrected chi connectivity index (χ0v) is 12.2. The van der Waals surface area contributed by atoms with Crippen molar-refractivity contribution in [1.29, 1.82) is 0 Å². The molecule has 0 saturated heterocycles. The second-order valence-electron chi connectivity index (χ2n) is 3.64. The van der Waals surface area contributed by atoms with E-state index in [1.807, 2.05) is 0 Å². The van der Waals surface area contributed by atoms with Crippen LogP contribution in [0.2, 0.25) is 0 Å². The van der Waals surface area contributed by atoms with E-state index in [1.54, 1.807) is 23.7 Å². The van der Waals surface area contributed by atoms with Crippen molar-refractivity contribution in [3.8, 4) is 0 Å². The third kappa shape index (κ3) is 3.57. The second-order valence-corrected chi connectivity index (χ2v) is 6.83. The van der Waals surface area contributed by atoms with Crippen molar-refractivity contribution in [3.63, 3.8) is 0 Å². The Balaban J connectivity index is 2.19. The molecule has 19 heavy (non-hydrogen) atoms. The maximum atomic E-state index is 12.1. The molecule has 1 aromatic heterocycles. The molecule has 3 N–H and O–H groups in total. The van der Waals surface area contributed by atoms with Gasteiger partial charge in [0.05, 0.1) is 11.4 Å². The smallest absolute Gasteiger partial charge is 0.240 e. The molecular weight excluding hydrogens is 302 g/mol. The average Bonchev–Trinajstić information content (AvgIpc) is 2.90. The summed E-state index contributed by atoms with van der Waals surface area (Å²) in [5, 5.41) is 2.49. The van der Waals surface area contributed by atoms with Crippen LogP contribution >= 0.6 is 23.6 Å². The Labute approximate surface area is 120 Å². The molecule has 100 valence electrons. The molecule has 0 spiro atoms. The van der Waals surface area contributed by atoms with E-state index in [-0.39, 0.29) is 16.4 Å². The number of aromatic nitrogens is 1. The van der Waals surface area contributed by atoms with Gasteiger partial charge >= 0.3 is 0 Å². The van der Waals surface area contributed by atoms with E-state index in [2.05, 4.69) is 9.71 Å². The maximum Gasteiger partial charge on any atom is 0.240 e. The topological polar surface area (TPSA) is 85.1 Å². The van der Waals surface area contributed by atoms with Crippen molar-refractivity contribution >= 4 is 38.6 Å². The van der Waals surface area contributed by atoms with Crippen LogP contribution in [-0.4, -0.2) is 18.4 Å². The number of nitrogens with zero attached hydrogens (tertiary/aromatic N) is 1. The number of nitrogens with two attached hydrogens (primary N) is 1. The summed E-state index contributed by atoms with van der Waals surface area (Å²) in [6.07, 6.45) is 1.63. The molecule has 0 atom stereocenters. The lowest BCUT2D eigenvalue weighted by molar-refractivity contribution is 0.581. The van der Waals surface area contributed by atoms with E-state index < -0.39 is 10.0 Å². The van der Waals surface area contributed by atoms with Crippen LogP contribution in [0.3, 0.4) is 0 Å². The van der Waals surface area contributed by atoms with E-state index in [0.717, 1.165) is 0 Å². The summed E-state index contributed by atoms with van der Waals surface area (Å²) in [4.78, 5) is 4.31. The molecule has 0 amide bonds. The van der Waals surface area contributed by atoms with Crippen LogP contribution in [0.5, 0.6) is 0 Å². The number of rotatable bonds is 5. The fourth-order valence-electron chi connectivity index (χ4n) is 1.40. The largest absolute Gasteiger partial charge is 0.389 e. The van der Waals surface area contributed by atoms with Gasteiger partial charge in [0.25, 0.3) is 0 Å². The highest BCUT2D eigenvalue weighted by Crippen LogP contribution is 2.12. The van der Waals surface area contributed by atoms with Gasteiger partial charge in [-0.05, 0) is 12.1 Å². The van der Waals surface area contributed by atoms with Crippen LogP contribution in [0.15, 0.2) is 40.7 Å². The SMILES string of the molecule is NC(=S)c1cccc(S(=O)(=O)NCc2nccs2)c1. The summed E-state index contributed by atoms with van der Waals surface area (Å²) in [6.45, 7) is 0.164. The van der Waals surface area contributed by atoms with Gasteiger partial charge in [-0.15, -0.1) is 11.3 Å². The van der Waals surface area contributed by atoms with Gasteiger partial charge in [-0.25, -0.2) is 18.1 Å². The number of benzene rings is 1. The van der Waals surface area contributed by atoms with E-state index in [4.69, 9.17) is 18.0 Å². The Bertz CT molecular complexity index is 681. The van der Waals surface area contributed by atoms with Gasteiger partial charge in [-0.1, -0.05) is 24.4 Å². The van der Waals surface area contributed by atoms with Crippen molar-refractivity contribution in [2.45, 2.75) is 11.4 Å². The quantitative estimate of drug-likeness (QED) is 0.812. The summed E-state index contributed by atoms with van der Waals surface area (Å²) in [7, 11) is -3.59. The van der Waals surface area contributed by atoms with Gasteiger partial charge in [-0.2, -0.15) is 0 Å². The first-order valence-corrected chi connectivity index (χ1v) is 8.04. The number of thiazole rings is 1. The van der Waals surface area contributed by atoms with E-state index in [9.17, 15) is 8.42 Å². The first kappa shape index (κ1) is 14.1. The molecule has 5 nitrogen and oxygen atoms in total. The minimum atomic E-state index is -3.59. The zero-order valence-electron chi connectivity index (χ0n) is 9.74. The molecule has 0 radical (unpaired) electrons. The van der Waals surface area contributed by atoms with Crippen molar-refractivity contribution in [3.05, 3.63) is 46.4 Å². The maximum absolute atomic E-state index is 12.1. The summed E-state index contributed by atoms with van der Waals surface area (Å²) in [6, 6.07) is 6.22. The van der Waals surface area contributed by atoms with Crippen molar-refractivity contribution in [2.24, 2.45) is 5.73 Å². The van der Waals surface area contributed by atoms with Crippen LogP contribution in [-0.2, 0) is 16.6 Å². The Morgan fingerprint density at radius 3 is 2.89 bits per heavy atom. The lowest BCUT2D eigenvalue weighted by Crippen LogP contribution is -2.23. The van der Waals surface area contributed by atoms with Gasteiger partial charge < -0.3 is 5.73 Å². The van der Waals surface area contributed by atoms with Crippen LogP contribution in [0, 0.1) is 0 Å². The van der Waals surface area contributed by atoms with Gasteiger partial charge in [0.15, 0.2) is 0 Å². The monoisotopic (exact) mass is 313 g/mol. The minimum Gasteiger partial charge on any atom is -0.389 e. The Morgan fingerprint density at radius 1 is 1.47 bits per heavy atom. The van der Waals surface area contributed by atoms with Gasteiger partial charge in [0.1, 0.15) is 10.00 Å². The number of thiocarbonyl (C=S) groups is 1. The molecule has 0 unspecified atom stereocenters. The lowest BCUT2D eigenvalue weighted by atomic mass is 10.2. The predicted octanol–water partition coefficient (Wildman–Crippen LogP) is 1.26. The van der Waals surface area contributed by atoms with Gasteiger partial charge in [0, 0.05) is 17.1 Å². The molecular formula is C11H11N3O2S3. The van der Waals surface area contributed by atoms with Crippen LogP contribution < -0.4 is 10.5 Å². The Kier molecular flexibility index (Phi) is 4.25. The van der Waals surface area contributed by atoms with Crippen LogP contribution in [0.25, 0.3) is 0 Å². The normalized spacial score (nSPS) is 11.4. The first-order chi connectivity index (χ1) is 8.99. The lowest BCUT2D eigenvalue weighted by Gasteiger charge is -2.06. The number of hydrogen-bond donors (Lipinski definition) is 2. The third-order valence-corrected chi connectivity index (χ3v) is 4.74. The van der Waals surface area contributed by atoms with E-state index >= 15 is 0 Å². The zero-order chi connectivity index (χ0) is 13.9.